The van der Waals surface area contributed by atoms with Gasteiger partial charge in [0.05, 0.1) is 3.57 Å². The summed E-state index contributed by atoms with van der Waals surface area (Å²) in [6.45, 7) is 6.19. The molecule has 20 heavy (non-hydrogen) atoms. The highest BCUT2D eigenvalue weighted by Crippen LogP contribution is 2.20. The van der Waals surface area contributed by atoms with Gasteiger partial charge in [-0.2, -0.15) is 0 Å². The standard InChI is InChI=1S/C14H19IN2O3/c1-8(2)7-16-13(19)9(3)17-14(20)10-4-5-11(15)12(18)6-10/h4-6,8-9,18H,7H2,1-3H3,(H,16,19)(H,17,20). The number of aromatic hydroxyl groups is 1. The molecule has 0 fully saturated rings. The van der Waals surface area contributed by atoms with Crippen LogP contribution in [0.15, 0.2) is 18.2 Å². The van der Waals surface area contributed by atoms with E-state index in [1.165, 1.54) is 6.07 Å². The van der Waals surface area contributed by atoms with Crippen molar-refractivity contribution in [2.75, 3.05) is 6.54 Å². The SMILES string of the molecule is CC(C)CNC(=O)C(C)NC(=O)c1ccc(I)c(O)c1. The third kappa shape index (κ3) is 4.99. The van der Waals surface area contributed by atoms with Crippen LogP contribution in [-0.2, 0) is 4.79 Å². The van der Waals surface area contributed by atoms with E-state index in [4.69, 9.17) is 0 Å². The second kappa shape index (κ2) is 7.47. The molecular weight excluding hydrogens is 371 g/mol. The predicted molar refractivity (Wildman–Crippen MR) is 85.6 cm³/mol. The molecule has 0 aliphatic heterocycles. The van der Waals surface area contributed by atoms with Crippen LogP contribution in [0.1, 0.15) is 31.1 Å². The van der Waals surface area contributed by atoms with Gasteiger partial charge in [0.2, 0.25) is 5.91 Å². The number of amides is 2. The van der Waals surface area contributed by atoms with Crippen LogP contribution in [0.25, 0.3) is 0 Å². The third-order valence-electron chi connectivity index (χ3n) is 2.63. The highest BCUT2D eigenvalue weighted by atomic mass is 127. The molecule has 0 radical (unpaired) electrons. The molecule has 0 saturated heterocycles. The molecule has 1 rings (SSSR count). The fraction of sp³-hybridized carbons (Fsp3) is 0.429. The minimum absolute atomic E-state index is 0.0511. The Morgan fingerprint density at radius 3 is 2.50 bits per heavy atom. The molecule has 0 aliphatic rings. The molecule has 1 atom stereocenters. The first-order valence-electron chi connectivity index (χ1n) is 6.38. The zero-order valence-electron chi connectivity index (χ0n) is 11.7. The second-order valence-corrected chi connectivity index (χ2v) is 6.16. The van der Waals surface area contributed by atoms with Crippen molar-refractivity contribution >= 4 is 34.4 Å². The maximum absolute atomic E-state index is 12.0. The minimum Gasteiger partial charge on any atom is -0.507 e. The van der Waals surface area contributed by atoms with Crippen molar-refractivity contribution in [2.24, 2.45) is 5.92 Å². The molecule has 2 amide bonds. The van der Waals surface area contributed by atoms with Crippen LogP contribution in [0.2, 0.25) is 0 Å². The molecule has 0 spiro atoms. The topological polar surface area (TPSA) is 78.4 Å². The molecule has 0 heterocycles. The molecule has 3 N–H and O–H groups in total. The van der Waals surface area contributed by atoms with Gasteiger partial charge < -0.3 is 15.7 Å². The van der Waals surface area contributed by atoms with E-state index in [9.17, 15) is 14.7 Å². The van der Waals surface area contributed by atoms with Gasteiger partial charge in [-0.15, -0.1) is 0 Å². The number of carbonyl (C=O) groups excluding carboxylic acids is 2. The van der Waals surface area contributed by atoms with Crippen molar-refractivity contribution in [3.05, 3.63) is 27.3 Å². The number of hydrogen-bond donors (Lipinski definition) is 3. The summed E-state index contributed by atoms with van der Waals surface area (Å²) in [5.74, 6) is -0.198. The van der Waals surface area contributed by atoms with E-state index in [2.05, 4.69) is 10.6 Å². The number of nitrogens with one attached hydrogen (secondary N) is 2. The summed E-state index contributed by atoms with van der Waals surface area (Å²) in [5, 5.41) is 14.9. The first-order valence-corrected chi connectivity index (χ1v) is 7.46. The Morgan fingerprint density at radius 2 is 1.95 bits per heavy atom. The van der Waals surface area contributed by atoms with Crippen LogP contribution in [0, 0.1) is 9.49 Å². The number of rotatable bonds is 5. The molecular formula is C14H19IN2O3. The van der Waals surface area contributed by atoms with E-state index in [0.717, 1.165) is 0 Å². The van der Waals surface area contributed by atoms with Crippen molar-refractivity contribution in [2.45, 2.75) is 26.8 Å². The number of phenolic OH excluding ortho intramolecular Hbond substituents is 1. The Morgan fingerprint density at radius 1 is 1.30 bits per heavy atom. The van der Waals surface area contributed by atoms with Gasteiger partial charge in [0.25, 0.3) is 5.91 Å². The fourth-order valence-corrected chi connectivity index (χ4v) is 1.79. The molecule has 0 bridgehead atoms. The monoisotopic (exact) mass is 390 g/mol. The summed E-state index contributed by atoms with van der Waals surface area (Å²) >= 11 is 1.97. The van der Waals surface area contributed by atoms with Crippen molar-refractivity contribution in [1.82, 2.24) is 10.6 Å². The van der Waals surface area contributed by atoms with E-state index in [-0.39, 0.29) is 17.6 Å². The van der Waals surface area contributed by atoms with Gasteiger partial charge in [0.15, 0.2) is 0 Å². The normalized spacial score (nSPS) is 12.1. The fourth-order valence-electron chi connectivity index (χ4n) is 1.46. The largest absolute Gasteiger partial charge is 0.507 e. The van der Waals surface area contributed by atoms with E-state index >= 15 is 0 Å². The summed E-state index contributed by atoms with van der Waals surface area (Å²) in [5.41, 5.74) is 0.325. The Hall–Kier alpha value is -1.31. The molecule has 110 valence electrons. The van der Waals surface area contributed by atoms with Gasteiger partial charge in [-0.1, -0.05) is 13.8 Å². The molecule has 1 aromatic rings. The first kappa shape index (κ1) is 16.7. The third-order valence-corrected chi connectivity index (χ3v) is 3.55. The lowest BCUT2D eigenvalue weighted by molar-refractivity contribution is -0.122. The maximum atomic E-state index is 12.0. The molecule has 0 saturated carbocycles. The van der Waals surface area contributed by atoms with E-state index in [1.807, 2.05) is 36.4 Å². The van der Waals surface area contributed by atoms with Gasteiger partial charge >= 0.3 is 0 Å². The Bertz CT molecular complexity index is 503. The van der Waals surface area contributed by atoms with Crippen molar-refractivity contribution in [3.8, 4) is 5.75 Å². The van der Waals surface area contributed by atoms with E-state index in [0.29, 0.717) is 21.6 Å². The zero-order chi connectivity index (χ0) is 15.3. The zero-order valence-corrected chi connectivity index (χ0v) is 13.9. The summed E-state index contributed by atoms with van der Waals surface area (Å²) in [7, 11) is 0. The molecule has 6 heteroatoms. The van der Waals surface area contributed by atoms with E-state index < -0.39 is 6.04 Å². The summed E-state index contributed by atoms with van der Waals surface area (Å²) in [6, 6.07) is 4.02. The number of carbonyl (C=O) groups is 2. The molecule has 0 aliphatic carbocycles. The van der Waals surface area contributed by atoms with Crippen LogP contribution >= 0.6 is 22.6 Å². The Labute approximate surface area is 132 Å². The highest BCUT2D eigenvalue weighted by molar-refractivity contribution is 14.1. The Kier molecular flexibility index (Phi) is 6.25. The summed E-state index contributed by atoms with van der Waals surface area (Å²) < 4.78 is 0.668. The van der Waals surface area contributed by atoms with Crippen LogP contribution < -0.4 is 10.6 Å². The molecule has 0 aromatic heterocycles. The number of benzene rings is 1. The number of phenols is 1. The van der Waals surface area contributed by atoms with Crippen LogP contribution in [0.3, 0.4) is 0 Å². The smallest absolute Gasteiger partial charge is 0.252 e. The average Bonchev–Trinajstić information content (AvgIpc) is 2.38. The van der Waals surface area contributed by atoms with Crippen molar-refractivity contribution < 1.29 is 14.7 Å². The quantitative estimate of drug-likeness (QED) is 0.672. The van der Waals surface area contributed by atoms with Gasteiger partial charge in [-0.3, -0.25) is 9.59 Å². The lowest BCUT2D eigenvalue weighted by Gasteiger charge is -2.15. The van der Waals surface area contributed by atoms with Gasteiger partial charge in [-0.05, 0) is 53.6 Å². The lowest BCUT2D eigenvalue weighted by Crippen LogP contribution is -2.45. The van der Waals surface area contributed by atoms with E-state index in [1.54, 1.807) is 19.1 Å². The second-order valence-electron chi connectivity index (χ2n) is 5.00. The minimum atomic E-state index is -0.623. The van der Waals surface area contributed by atoms with Crippen LogP contribution in [-0.4, -0.2) is 29.5 Å². The molecule has 1 aromatic carbocycles. The molecule has 1 unspecified atom stereocenters. The Balaban J connectivity index is 2.60. The molecule has 5 nitrogen and oxygen atoms in total. The highest BCUT2D eigenvalue weighted by Gasteiger charge is 2.17. The van der Waals surface area contributed by atoms with Crippen molar-refractivity contribution in [1.29, 1.82) is 0 Å². The maximum Gasteiger partial charge on any atom is 0.252 e. The summed E-state index contributed by atoms with van der Waals surface area (Å²) in [6.07, 6.45) is 0. The van der Waals surface area contributed by atoms with Crippen LogP contribution in [0.4, 0.5) is 0 Å². The van der Waals surface area contributed by atoms with Gasteiger partial charge in [0.1, 0.15) is 11.8 Å². The predicted octanol–water partition coefficient (Wildman–Crippen LogP) is 1.89. The lowest BCUT2D eigenvalue weighted by atomic mass is 10.2. The number of halogens is 1. The van der Waals surface area contributed by atoms with Crippen LogP contribution in [0.5, 0.6) is 5.75 Å². The van der Waals surface area contributed by atoms with Gasteiger partial charge in [-0.25, -0.2) is 0 Å². The average molecular weight is 390 g/mol. The summed E-state index contributed by atoms with van der Waals surface area (Å²) in [4.78, 5) is 23.7. The van der Waals surface area contributed by atoms with Crippen molar-refractivity contribution in [3.63, 3.8) is 0 Å². The first-order chi connectivity index (χ1) is 9.31. The van der Waals surface area contributed by atoms with Gasteiger partial charge in [0, 0.05) is 12.1 Å². The number of hydrogen-bond acceptors (Lipinski definition) is 3.